The van der Waals surface area contributed by atoms with Crippen molar-refractivity contribution in [1.29, 1.82) is 0 Å². The van der Waals surface area contributed by atoms with Crippen molar-refractivity contribution in [3.8, 4) is 0 Å². The maximum atomic E-state index is 12.6. The van der Waals surface area contributed by atoms with E-state index in [9.17, 15) is 18.0 Å². The van der Waals surface area contributed by atoms with E-state index in [1.807, 2.05) is 0 Å². The van der Waals surface area contributed by atoms with Gasteiger partial charge in [0.2, 0.25) is 0 Å². The summed E-state index contributed by atoms with van der Waals surface area (Å²) < 4.78 is 37.7. The molecule has 1 aromatic carbocycles. The number of rotatable bonds is 4. The Hall–Kier alpha value is -1.56. The predicted molar refractivity (Wildman–Crippen MR) is 72.0 cm³/mol. The van der Waals surface area contributed by atoms with Gasteiger partial charge in [-0.15, -0.1) is 0 Å². The van der Waals surface area contributed by atoms with Crippen LogP contribution in [0.5, 0.6) is 0 Å². The van der Waals surface area contributed by atoms with E-state index < -0.39 is 18.1 Å². The van der Waals surface area contributed by atoms with E-state index >= 15 is 0 Å². The Kier molecular flexibility index (Phi) is 4.88. The van der Waals surface area contributed by atoms with Gasteiger partial charge >= 0.3 is 12.1 Å². The van der Waals surface area contributed by atoms with Gasteiger partial charge in [0.25, 0.3) is 0 Å². The van der Waals surface area contributed by atoms with E-state index in [1.54, 1.807) is 18.2 Å². The second-order valence-corrected chi connectivity index (χ2v) is 5.48. The maximum absolute atomic E-state index is 12.6. The van der Waals surface area contributed by atoms with Crippen molar-refractivity contribution in [3.63, 3.8) is 0 Å². The lowest BCUT2D eigenvalue weighted by Crippen LogP contribution is -2.36. The van der Waals surface area contributed by atoms with Crippen LogP contribution in [0.3, 0.4) is 0 Å². The largest absolute Gasteiger partial charge is 0.478 e. The van der Waals surface area contributed by atoms with Crippen LogP contribution in [0.4, 0.5) is 13.2 Å². The van der Waals surface area contributed by atoms with Crippen LogP contribution in [-0.4, -0.2) is 23.3 Å². The van der Waals surface area contributed by atoms with Crippen molar-refractivity contribution in [1.82, 2.24) is 5.32 Å². The van der Waals surface area contributed by atoms with E-state index in [0.29, 0.717) is 19.4 Å². The molecular formula is C15H18F3NO2. The quantitative estimate of drug-likeness (QED) is 0.893. The molecule has 2 N–H and O–H groups in total. The van der Waals surface area contributed by atoms with Crippen molar-refractivity contribution in [3.05, 3.63) is 35.4 Å². The molecule has 3 nitrogen and oxygen atoms in total. The van der Waals surface area contributed by atoms with Gasteiger partial charge in [0.15, 0.2) is 0 Å². The fourth-order valence-corrected chi connectivity index (χ4v) is 2.70. The summed E-state index contributed by atoms with van der Waals surface area (Å²) in [7, 11) is 0. The van der Waals surface area contributed by atoms with Gasteiger partial charge in [0, 0.05) is 12.6 Å². The van der Waals surface area contributed by atoms with Gasteiger partial charge in [-0.05, 0) is 43.4 Å². The molecule has 21 heavy (non-hydrogen) atoms. The molecule has 0 unspecified atom stereocenters. The summed E-state index contributed by atoms with van der Waals surface area (Å²) in [6.45, 7) is 0.475. The first-order valence-corrected chi connectivity index (χ1v) is 6.98. The monoisotopic (exact) mass is 301 g/mol. The van der Waals surface area contributed by atoms with E-state index in [2.05, 4.69) is 5.32 Å². The highest BCUT2D eigenvalue weighted by Gasteiger charge is 2.41. The molecule has 1 aromatic rings. The topological polar surface area (TPSA) is 49.3 Å². The van der Waals surface area contributed by atoms with Crippen LogP contribution in [0, 0.1) is 5.92 Å². The molecule has 0 heterocycles. The fraction of sp³-hybridized carbons (Fsp3) is 0.533. The molecule has 1 aliphatic carbocycles. The van der Waals surface area contributed by atoms with Crippen LogP contribution in [0.2, 0.25) is 0 Å². The highest BCUT2D eigenvalue weighted by atomic mass is 19.4. The highest BCUT2D eigenvalue weighted by molar-refractivity contribution is 5.87. The van der Waals surface area contributed by atoms with Gasteiger partial charge in [-0.3, -0.25) is 0 Å². The molecule has 0 aliphatic heterocycles. The summed E-state index contributed by atoms with van der Waals surface area (Å²) in [6, 6.07) is 6.64. The van der Waals surface area contributed by atoms with Crippen molar-refractivity contribution in [2.45, 2.75) is 44.4 Å². The summed E-state index contributed by atoms with van der Waals surface area (Å²) in [6.07, 6.45) is -2.75. The molecule has 0 radical (unpaired) electrons. The first-order valence-electron chi connectivity index (χ1n) is 6.98. The zero-order valence-electron chi connectivity index (χ0n) is 11.5. The highest BCUT2D eigenvalue weighted by Crippen LogP contribution is 2.37. The van der Waals surface area contributed by atoms with E-state index in [0.717, 1.165) is 5.56 Å². The zero-order valence-corrected chi connectivity index (χ0v) is 11.5. The minimum Gasteiger partial charge on any atom is -0.478 e. The average molecular weight is 301 g/mol. The van der Waals surface area contributed by atoms with Crippen molar-refractivity contribution in [2.24, 2.45) is 5.92 Å². The van der Waals surface area contributed by atoms with Gasteiger partial charge in [0.1, 0.15) is 0 Å². The summed E-state index contributed by atoms with van der Waals surface area (Å²) in [5.74, 6) is -2.16. The van der Waals surface area contributed by atoms with Crippen molar-refractivity contribution in [2.75, 3.05) is 0 Å². The van der Waals surface area contributed by atoms with E-state index in [-0.39, 0.29) is 24.4 Å². The zero-order chi connectivity index (χ0) is 15.5. The third-order valence-electron chi connectivity index (χ3n) is 3.96. The van der Waals surface area contributed by atoms with E-state index in [1.165, 1.54) is 6.07 Å². The van der Waals surface area contributed by atoms with Gasteiger partial charge in [0.05, 0.1) is 11.5 Å². The molecule has 0 aromatic heterocycles. The normalized spacial score (nSPS) is 23.0. The van der Waals surface area contributed by atoms with E-state index in [4.69, 9.17) is 5.11 Å². The van der Waals surface area contributed by atoms with Gasteiger partial charge in [-0.25, -0.2) is 4.79 Å². The minimum atomic E-state index is -4.08. The van der Waals surface area contributed by atoms with Crippen LogP contribution in [0.25, 0.3) is 0 Å². The number of hydrogen-bond donors (Lipinski definition) is 2. The number of aromatic carboxylic acids is 1. The molecule has 116 valence electrons. The molecule has 0 bridgehead atoms. The molecule has 1 saturated carbocycles. The third kappa shape index (κ3) is 4.46. The number of carbonyl (C=O) groups is 1. The van der Waals surface area contributed by atoms with Crippen LogP contribution < -0.4 is 5.32 Å². The van der Waals surface area contributed by atoms with Crippen LogP contribution in [-0.2, 0) is 6.54 Å². The number of carboxylic acid groups (broad SMARTS) is 1. The fourth-order valence-electron chi connectivity index (χ4n) is 2.70. The summed E-state index contributed by atoms with van der Waals surface area (Å²) >= 11 is 0. The molecular weight excluding hydrogens is 283 g/mol. The second kappa shape index (κ2) is 6.47. The Balaban J connectivity index is 1.82. The smallest absolute Gasteiger partial charge is 0.391 e. The number of alkyl halides is 3. The Morgan fingerprint density at radius 1 is 1.24 bits per heavy atom. The van der Waals surface area contributed by atoms with Gasteiger partial charge in [-0.1, -0.05) is 12.1 Å². The first-order chi connectivity index (χ1) is 9.86. The minimum absolute atomic E-state index is 0.0667. The Morgan fingerprint density at radius 3 is 2.48 bits per heavy atom. The number of benzene rings is 1. The van der Waals surface area contributed by atoms with Crippen LogP contribution in [0.15, 0.2) is 24.3 Å². The standard InChI is InChI=1S/C15H18F3NO2/c16-15(17,18)12-4-6-13(7-5-12)19-9-10-2-1-3-11(8-10)14(20)21/h1-3,8,12-13,19H,4-7,9H2,(H,20,21). The van der Waals surface area contributed by atoms with Crippen molar-refractivity contribution < 1.29 is 23.1 Å². The Bertz CT molecular complexity index is 494. The predicted octanol–water partition coefficient (Wildman–Crippen LogP) is 3.60. The molecule has 6 heteroatoms. The van der Waals surface area contributed by atoms with Crippen LogP contribution in [0.1, 0.15) is 41.6 Å². The summed E-state index contributed by atoms with van der Waals surface area (Å²) in [4.78, 5) is 10.9. The SMILES string of the molecule is O=C(O)c1cccc(CNC2CCC(C(F)(F)F)CC2)c1. The lowest BCUT2D eigenvalue weighted by Gasteiger charge is -2.30. The molecule has 1 aliphatic rings. The average Bonchev–Trinajstić information content (AvgIpc) is 2.45. The first kappa shape index (κ1) is 15.8. The number of nitrogens with one attached hydrogen (secondary N) is 1. The summed E-state index contributed by atoms with van der Waals surface area (Å²) in [5, 5.41) is 12.1. The molecule has 0 atom stereocenters. The lowest BCUT2D eigenvalue weighted by atomic mass is 9.85. The molecule has 1 fully saturated rings. The molecule has 0 amide bonds. The van der Waals surface area contributed by atoms with Gasteiger partial charge < -0.3 is 10.4 Å². The van der Waals surface area contributed by atoms with Crippen LogP contribution >= 0.6 is 0 Å². The Morgan fingerprint density at radius 2 is 1.90 bits per heavy atom. The molecule has 2 rings (SSSR count). The lowest BCUT2D eigenvalue weighted by molar-refractivity contribution is -0.182. The maximum Gasteiger partial charge on any atom is 0.391 e. The number of carboxylic acids is 1. The molecule has 0 spiro atoms. The second-order valence-electron chi connectivity index (χ2n) is 5.48. The number of halogens is 3. The van der Waals surface area contributed by atoms with Gasteiger partial charge in [-0.2, -0.15) is 13.2 Å². The third-order valence-corrected chi connectivity index (χ3v) is 3.96. The summed E-state index contributed by atoms with van der Waals surface area (Å²) in [5.41, 5.74) is 1.04. The van der Waals surface area contributed by atoms with Crippen molar-refractivity contribution >= 4 is 5.97 Å². The molecule has 0 saturated heterocycles. The number of hydrogen-bond acceptors (Lipinski definition) is 2. The Labute approximate surface area is 121 Å².